The molecule has 11 heteroatoms. The van der Waals surface area contributed by atoms with E-state index in [1.807, 2.05) is 12.1 Å². The Hall–Kier alpha value is -5.06. The number of hydrogen-bond donors (Lipinski definition) is 2. The van der Waals surface area contributed by atoms with E-state index < -0.39 is 11.0 Å². The van der Waals surface area contributed by atoms with Crippen LogP contribution in [0.5, 0.6) is 5.75 Å². The van der Waals surface area contributed by atoms with E-state index in [1.54, 1.807) is 60.4 Å². The maximum Gasteiger partial charge on any atom is 0.269 e. The lowest BCUT2D eigenvalue weighted by atomic mass is 9.95. The zero-order chi connectivity index (χ0) is 25.2. The monoisotopic (exact) mass is 483 g/mol. The third-order valence-corrected chi connectivity index (χ3v) is 5.79. The first kappa shape index (κ1) is 22.7. The lowest BCUT2D eigenvalue weighted by Crippen LogP contribution is -2.31. The van der Waals surface area contributed by atoms with Crippen molar-refractivity contribution in [2.24, 2.45) is 0 Å². The first-order valence-corrected chi connectivity index (χ1v) is 11.0. The van der Waals surface area contributed by atoms with Gasteiger partial charge in [0.2, 0.25) is 5.95 Å². The average molecular weight is 483 g/mol. The van der Waals surface area contributed by atoms with Crippen molar-refractivity contribution in [3.8, 4) is 17.1 Å². The van der Waals surface area contributed by atoms with Gasteiger partial charge in [-0.2, -0.15) is 4.98 Å². The van der Waals surface area contributed by atoms with Gasteiger partial charge in [0.15, 0.2) is 5.82 Å². The van der Waals surface area contributed by atoms with Crippen molar-refractivity contribution in [1.82, 2.24) is 19.7 Å². The van der Waals surface area contributed by atoms with Crippen molar-refractivity contribution in [3.63, 3.8) is 0 Å². The highest BCUT2D eigenvalue weighted by Crippen LogP contribution is 2.37. The minimum Gasteiger partial charge on any atom is -0.495 e. The number of anilines is 2. The maximum absolute atomic E-state index is 13.6. The topological polar surface area (TPSA) is 137 Å². The van der Waals surface area contributed by atoms with Crippen LogP contribution in [-0.4, -0.2) is 37.7 Å². The molecule has 0 bridgehead atoms. The number of para-hydroxylation sites is 2. The molecule has 11 nitrogen and oxygen atoms in total. The minimum absolute atomic E-state index is 0.0525. The fourth-order valence-corrected chi connectivity index (χ4v) is 4.09. The van der Waals surface area contributed by atoms with Gasteiger partial charge in [0, 0.05) is 35.8 Å². The largest absolute Gasteiger partial charge is 0.495 e. The molecule has 0 aliphatic carbocycles. The molecule has 2 aromatic carbocycles. The lowest BCUT2D eigenvalue weighted by Gasteiger charge is -2.28. The normalized spacial score (nSPS) is 14.6. The number of nitrogens with one attached hydrogen (secondary N) is 2. The van der Waals surface area contributed by atoms with Gasteiger partial charge in [0.05, 0.1) is 23.3 Å². The molecule has 5 rings (SSSR count). The quantitative estimate of drug-likeness (QED) is 0.308. The number of ether oxygens (including phenoxy) is 1. The Morgan fingerprint density at radius 2 is 1.92 bits per heavy atom. The number of hydrogen-bond acceptors (Lipinski definition) is 8. The summed E-state index contributed by atoms with van der Waals surface area (Å²) in [5, 5.41) is 22.0. The van der Waals surface area contributed by atoms with Crippen molar-refractivity contribution in [2.45, 2.75) is 13.0 Å². The number of nitro benzene ring substituents is 1. The first-order valence-electron chi connectivity index (χ1n) is 11.0. The molecule has 3 heterocycles. The predicted octanol–water partition coefficient (Wildman–Crippen LogP) is 4.18. The van der Waals surface area contributed by atoms with Crippen LogP contribution in [0.25, 0.3) is 11.4 Å². The molecular formula is C25H21N7O4. The lowest BCUT2D eigenvalue weighted by molar-refractivity contribution is -0.384. The maximum atomic E-state index is 13.6. The number of allylic oxidation sites excluding steroid dienone is 1. The third-order valence-electron chi connectivity index (χ3n) is 5.79. The minimum atomic E-state index is -0.699. The van der Waals surface area contributed by atoms with Gasteiger partial charge in [-0.05, 0) is 48.9 Å². The van der Waals surface area contributed by atoms with Crippen LogP contribution in [0.3, 0.4) is 0 Å². The molecule has 2 aromatic heterocycles. The zero-order valence-corrected chi connectivity index (χ0v) is 19.4. The van der Waals surface area contributed by atoms with Gasteiger partial charge in [-0.25, -0.2) is 4.68 Å². The number of amides is 1. The number of nitrogens with zero attached hydrogens (tertiary/aromatic N) is 5. The highest BCUT2D eigenvalue weighted by Gasteiger charge is 2.35. The summed E-state index contributed by atoms with van der Waals surface area (Å²) in [6.07, 6.45) is 3.31. The molecule has 2 N–H and O–H groups in total. The molecular weight excluding hydrogens is 462 g/mol. The van der Waals surface area contributed by atoms with Crippen molar-refractivity contribution < 1.29 is 14.5 Å². The Balaban J connectivity index is 1.60. The number of nitro groups is 1. The summed E-state index contributed by atoms with van der Waals surface area (Å²) in [6, 6.07) is 16.1. The van der Waals surface area contributed by atoms with Crippen LogP contribution in [0.4, 0.5) is 17.3 Å². The molecule has 1 unspecified atom stereocenters. The van der Waals surface area contributed by atoms with Gasteiger partial charge < -0.3 is 15.4 Å². The second-order valence-corrected chi connectivity index (χ2v) is 8.01. The molecule has 180 valence electrons. The van der Waals surface area contributed by atoms with E-state index in [2.05, 4.69) is 25.7 Å². The third kappa shape index (κ3) is 4.13. The van der Waals surface area contributed by atoms with Crippen LogP contribution < -0.4 is 15.4 Å². The molecule has 0 saturated carbocycles. The Labute approximate surface area is 205 Å². The van der Waals surface area contributed by atoms with Crippen LogP contribution >= 0.6 is 0 Å². The highest BCUT2D eigenvalue weighted by molar-refractivity contribution is 6.06. The smallest absolute Gasteiger partial charge is 0.269 e. The summed E-state index contributed by atoms with van der Waals surface area (Å²) >= 11 is 0. The molecule has 0 fully saturated rings. The number of non-ortho nitro benzene ring substituents is 1. The van der Waals surface area contributed by atoms with Gasteiger partial charge in [0.25, 0.3) is 11.6 Å². The van der Waals surface area contributed by atoms with Crippen LogP contribution in [0.15, 0.2) is 84.3 Å². The van der Waals surface area contributed by atoms with Crippen LogP contribution in [0.1, 0.15) is 18.5 Å². The van der Waals surface area contributed by atoms with Crippen LogP contribution in [0, 0.1) is 10.1 Å². The molecule has 1 aliphatic heterocycles. The number of methoxy groups -OCH3 is 1. The predicted molar refractivity (Wildman–Crippen MR) is 132 cm³/mol. The standard InChI is InChI=1S/C25H21N7O4/c1-15-21(24(33)28-19-7-3-4-8-20(19)36-2)22(16-9-11-18(12-10-16)32(34)35)31-25(27-15)29-23(30-31)17-6-5-13-26-14-17/h3-14,22H,1-2H3,(H,28,33)(H,27,29,30). The van der Waals surface area contributed by atoms with Crippen molar-refractivity contribution in [2.75, 3.05) is 17.7 Å². The van der Waals surface area contributed by atoms with Crippen LogP contribution in [-0.2, 0) is 4.79 Å². The first-order chi connectivity index (χ1) is 17.5. The summed E-state index contributed by atoms with van der Waals surface area (Å²) < 4.78 is 6.98. The SMILES string of the molecule is COc1ccccc1NC(=O)C1=C(C)Nc2nc(-c3cccnc3)nn2C1c1ccc([N+](=O)[O-])cc1. The molecule has 0 spiro atoms. The Bertz CT molecular complexity index is 1480. The van der Waals surface area contributed by atoms with Gasteiger partial charge in [-0.15, -0.1) is 5.10 Å². The second-order valence-electron chi connectivity index (χ2n) is 8.01. The summed E-state index contributed by atoms with van der Waals surface area (Å²) in [4.78, 5) is 33.1. The average Bonchev–Trinajstić information content (AvgIpc) is 3.32. The molecule has 1 atom stereocenters. The molecule has 1 aliphatic rings. The van der Waals surface area contributed by atoms with E-state index in [9.17, 15) is 14.9 Å². The van der Waals surface area contributed by atoms with E-state index in [4.69, 9.17) is 4.74 Å². The molecule has 1 amide bonds. The molecule has 0 radical (unpaired) electrons. The van der Waals surface area contributed by atoms with E-state index in [0.29, 0.717) is 45.6 Å². The molecule has 0 saturated heterocycles. The summed E-state index contributed by atoms with van der Waals surface area (Å²) in [6.45, 7) is 1.78. The number of aromatic nitrogens is 4. The number of benzene rings is 2. The van der Waals surface area contributed by atoms with Gasteiger partial charge in [-0.3, -0.25) is 19.9 Å². The van der Waals surface area contributed by atoms with E-state index in [1.165, 1.54) is 19.2 Å². The number of pyridine rings is 1. The Morgan fingerprint density at radius 1 is 1.14 bits per heavy atom. The van der Waals surface area contributed by atoms with E-state index in [-0.39, 0.29) is 11.6 Å². The summed E-state index contributed by atoms with van der Waals surface area (Å²) in [5.41, 5.74) is 2.75. The summed E-state index contributed by atoms with van der Waals surface area (Å²) in [7, 11) is 1.53. The van der Waals surface area contributed by atoms with E-state index in [0.717, 1.165) is 0 Å². The van der Waals surface area contributed by atoms with Crippen molar-refractivity contribution in [1.29, 1.82) is 0 Å². The fraction of sp³-hybridized carbons (Fsp3) is 0.120. The fourth-order valence-electron chi connectivity index (χ4n) is 4.09. The highest BCUT2D eigenvalue weighted by atomic mass is 16.6. The number of fused-ring (bicyclic) bond motifs is 1. The zero-order valence-electron chi connectivity index (χ0n) is 19.4. The van der Waals surface area contributed by atoms with Gasteiger partial charge in [-0.1, -0.05) is 12.1 Å². The summed E-state index contributed by atoms with van der Waals surface area (Å²) in [5.74, 6) is 0.997. The van der Waals surface area contributed by atoms with Crippen molar-refractivity contribution in [3.05, 3.63) is 100 Å². The van der Waals surface area contributed by atoms with E-state index >= 15 is 0 Å². The molecule has 4 aromatic rings. The molecule has 36 heavy (non-hydrogen) atoms. The van der Waals surface area contributed by atoms with Gasteiger partial charge >= 0.3 is 0 Å². The number of rotatable bonds is 6. The Kier molecular flexibility index (Phi) is 5.87. The van der Waals surface area contributed by atoms with Gasteiger partial charge in [0.1, 0.15) is 11.8 Å². The van der Waals surface area contributed by atoms with Crippen molar-refractivity contribution >= 4 is 23.2 Å². The Morgan fingerprint density at radius 3 is 2.61 bits per heavy atom. The number of carbonyl (C=O) groups excluding carboxylic acids is 1. The second kappa shape index (κ2) is 9.29. The van der Waals surface area contributed by atoms with Crippen LogP contribution in [0.2, 0.25) is 0 Å². The number of carbonyl (C=O) groups is 1.